The van der Waals surface area contributed by atoms with Crippen molar-refractivity contribution in [3.05, 3.63) is 63.4 Å². The third-order valence-electron chi connectivity index (χ3n) is 2.90. The number of rotatable bonds is 4. The van der Waals surface area contributed by atoms with Crippen LogP contribution in [0.5, 0.6) is 5.75 Å². The van der Waals surface area contributed by atoms with Crippen molar-refractivity contribution in [2.45, 2.75) is 6.92 Å². The van der Waals surface area contributed by atoms with Crippen molar-refractivity contribution in [1.82, 2.24) is 0 Å². The van der Waals surface area contributed by atoms with E-state index in [-0.39, 0.29) is 5.82 Å². The van der Waals surface area contributed by atoms with Crippen molar-refractivity contribution in [2.24, 2.45) is 0 Å². The molecule has 0 atom stereocenters. The van der Waals surface area contributed by atoms with E-state index in [1.165, 1.54) is 12.1 Å². The molecule has 0 aliphatic rings. The Labute approximate surface area is 138 Å². The van der Waals surface area contributed by atoms with Gasteiger partial charge in [0.1, 0.15) is 5.82 Å². The van der Waals surface area contributed by atoms with Gasteiger partial charge in [-0.1, -0.05) is 35.3 Å². The summed E-state index contributed by atoms with van der Waals surface area (Å²) in [5.41, 5.74) is 1.67. The highest BCUT2D eigenvalue weighted by Crippen LogP contribution is 2.35. The summed E-state index contributed by atoms with van der Waals surface area (Å²) in [5.74, 6) is 0.0662. The van der Waals surface area contributed by atoms with Crippen LogP contribution in [-0.2, 0) is 0 Å². The fraction of sp³-hybridized carbons (Fsp3) is 0.118. The predicted molar refractivity (Wildman–Crippen MR) is 87.5 cm³/mol. The third kappa shape index (κ3) is 3.79. The van der Waals surface area contributed by atoms with Crippen LogP contribution in [0, 0.1) is 17.1 Å². The molecule has 22 heavy (non-hydrogen) atoms. The van der Waals surface area contributed by atoms with Crippen molar-refractivity contribution in [3.8, 4) is 11.8 Å². The van der Waals surface area contributed by atoms with Gasteiger partial charge in [0.25, 0.3) is 0 Å². The van der Waals surface area contributed by atoms with E-state index in [0.717, 1.165) is 0 Å². The Morgan fingerprint density at radius 2 is 1.82 bits per heavy atom. The molecule has 112 valence electrons. The Bertz CT molecular complexity index is 725. The van der Waals surface area contributed by atoms with Crippen LogP contribution < -0.4 is 4.74 Å². The highest BCUT2D eigenvalue weighted by molar-refractivity contribution is 6.37. The molecule has 0 aromatic heterocycles. The maximum atomic E-state index is 13.0. The molecule has 0 aliphatic carbocycles. The minimum Gasteiger partial charge on any atom is -0.491 e. The van der Waals surface area contributed by atoms with Gasteiger partial charge in [-0.05, 0) is 48.4 Å². The van der Waals surface area contributed by atoms with E-state index in [1.54, 1.807) is 30.3 Å². The van der Waals surface area contributed by atoms with E-state index in [0.29, 0.717) is 39.1 Å². The first-order chi connectivity index (χ1) is 10.5. The SMILES string of the molecule is CCOc1c(Cl)cc(C=C(C#N)c2ccc(F)cc2)cc1Cl. The lowest BCUT2D eigenvalue weighted by atomic mass is 10.0. The van der Waals surface area contributed by atoms with Crippen molar-refractivity contribution in [2.75, 3.05) is 6.61 Å². The molecule has 0 bridgehead atoms. The lowest BCUT2D eigenvalue weighted by Gasteiger charge is -2.09. The van der Waals surface area contributed by atoms with Gasteiger partial charge in [-0.15, -0.1) is 0 Å². The molecule has 0 saturated carbocycles. The van der Waals surface area contributed by atoms with E-state index in [2.05, 4.69) is 6.07 Å². The number of benzene rings is 2. The predicted octanol–water partition coefficient (Wildman–Crippen LogP) is 5.60. The van der Waals surface area contributed by atoms with Crippen LogP contribution in [0.2, 0.25) is 10.0 Å². The maximum absolute atomic E-state index is 13.0. The summed E-state index contributed by atoms with van der Waals surface area (Å²) in [6.45, 7) is 2.29. The Balaban J connectivity index is 2.42. The molecule has 0 N–H and O–H groups in total. The molecule has 0 saturated heterocycles. The maximum Gasteiger partial charge on any atom is 0.156 e. The lowest BCUT2D eigenvalue weighted by molar-refractivity contribution is 0.340. The van der Waals surface area contributed by atoms with E-state index in [4.69, 9.17) is 27.9 Å². The van der Waals surface area contributed by atoms with Crippen LogP contribution >= 0.6 is 23.2 Å². The molecule has 0 unspecified atom stereocenters. The van der Waals surface area contributed by atoms with Gasteiger partial charge in [0.05, 0.1) is 28.3 Å². The summed E-state index contributed by atoms with van der Waals surface area (Å²) in [5, 5.41) is 10.0. The molecule has 0 aliphatic heterocycles. The third-order valence-corrected chi connectivity index (χ3v) is 3.46. The number of nitriles is 1. The van der Waals surface area contributed by atoms with Crippen LogP contribution in [0.25, 0.3) is 11.6 Å². The standard InChI is InChI=1S/C17H12Cl2FNO/c1-2-22-17-15(18)8-11(9-16(17)19)7-13(10-21)12-3-5-14(20)6-4-12/h3-9H,2H2,1H3. The van der Waals surface area contributed by atoms with E-state index in [9.17, 15) is 9.65 Å². The summed E-state index contributed by atoms with van der Waals surface area (Å²) >= 11 is 12.3. The Morgan fingerprint density at radius 1 is 1.23 bits per heavy atom. The monoisotopic (exact) mass is 335 g/mol. The molecule has 2 aromatic rings. The highest BCUT2D eigenvalue weighted by atomic mass is 35.5. The summed E-state index contributed by atoms with van der Waals surface area (Å²) in [6, 6.07) is 11.1. The van der Waals surface area contributed by atoms with Gasteiger partial charge in [-0.3, -0.25) is 0 Å². The highest BCUT2D eigenvalue weighted by Gasteiger charge is 2.09. The van der Waals surface area contributed by atoms with Crippen LogP contribution in [0.4, 0.5) is 4.39 Å². The average molecular weight is 336 g/mol. The zero-order valence-corrected chi connectivity index (χ0v) is 13.2. The first-order valence-electron chi connectivity index (χ1n) is 6.54. The quantitative estimate of drug-likeness (QED) is 0.538. The smallest absolute Gasteiger partial charge is 0.156 e. The molecule has 0 fully saturated rings. The lowest BCUT2D eigenvalue weighted by Crippen LogP contribution is -1.93. The van der Waals surface area contributed by atoms with Crippen molar-refractivity contribution >= 4 is 34.9 Å². The van der Waals surface area contributed by atoms with Crippen molar-refractivity contribution < 1.29 is 9.13 Å². The minimum absolute atomic E-state index is 0.354. The molecular formula is C17H12Cl2FNO. The number of allylic oxidation sites excluding steroid dienone is 1. The topological polar surface area (TPSA) is 33.0 Å². The summed E-state index contributed by atoms with van der Waals surface area (Å²) < 4.78 is 18.3. The van der Waals surface area contributed by atoms with E-state index >= 15 is 0 Å². The van der Waals surface area contributed by atoms with Gasteiger partial charge in [-0.25, -0.2) is 4.39 Å². The van der Waals surface area contributed by atoms with Gasteiger partial charge in [0.15, 0.2) is 5.75 Å². The number of hydrogen-bond acceptors (Lipinski definition) is 2. The second-order valence-electron chi connectivity index (χ2n) is 4.42. The van der Waals surface area contributed by atoms with Gasteiger partial charge in [0.2, 0.25) is 0 Å². The van der Waals surface area contributed by atoms with Gasteiger partial charge in [-0.2, -0.15) is 5.26 Å². The second-order valence-corrected chi connectivity index (χ2v) is 5.24. The zero-order chi connectivity index (χ0) is 16.1. The first kappa shape index (κ1) is 16.4. The number of halogens is 3. The molecule has 2 nitrogen and oxygen atoms in total. The number of nitrogens with zero attached hydrogens (tertiary/aromatic N) is 1. The Kier molecular flexibility index (Phi) is 5.43. The van der Waals surface area contributed by atoms with Crippen molar-refractivity contribution in [1.29, 1.82) is 5.26 Å². The summed E-state index contributed by atoms with van der Waals surface area (Å²) in [6.07, 6.45) is 1.64. The number of hydrogen-bond donors (Lipinski definition) is 0. The largest absolute Gasteiger partial charge is 0.491 e. The molecule has 5 heteroatoms. The fourth-order valence-corrected chi connectivity index (χ4v) is 2.53. The first-order valence-corrected chi connectivity index (χ1v) is 7.30. The fourth-order valence-electron chi connectivity index (χ4n) is 1.92. The normalized spacial score (nSPS) is 11.1. The van der Waals surface area contributed by atoms with Gasteiger partial charge >= 0.3 is 0 Å². The summed E-state index contributed by atoms with van der Waals surface area (Å²) in [7, 11) is 0. The van der Waals surface area contributed by atoms with Crippen LogP contribution in [0.3, 0.4) is 0 Å². The molecule has 0 radical (unpaired) electrons. The second kappa shape index (κ2) is 7.31. The van der Waals surface area contributed by atoms with Gasteiger partial charge < -0.3 is 4.74 Å². The molecule has 2 rings (SSSR count). The molecular weight excluding hydrogens is 324 g/mol. The molecule has 0 spiro atoms. The minimum atomic E-state index is -0.354. The molecule has 2 aromatic carbocycles. The van der Waals surface area contributed by atoms with Crippen molar-refractivity contribution in [3.63, 3.8) is 0 Å². The Morgan fingerprint density at radius 3 is 2.32 bits per heavy atom. The average Bonchev–Trinajstić information content (AvgIpc) is 2.49. The number of ether oxygens (including phenoxy) is 1. The van der Waals surface area contributed by atoms with Crippen LogP contribution in [0.1, 0.15) is 18.1 Å². The van der Waals surface area contributed by atoms with Gasteiger partial charge in [0, 0.05) is 0 Å². The molecule has 0 heterocycles. The summed E-state index contributed by atoms with van der Waals surface area (Å²) in [4.78, 5) is 0. The van der Waals surface area contributed by atoms with Crippen LogP contribution in [0.15, 0.2) is 36.4 Å². The molecule has 0 amide bonds. The zero-order valence-electron chi connectivity index (χ0n) is 11.7. The van der Waals surface area contributed by atoms with E-state index < -0.39 is 0 Å². The van der Waals surface area contributed by atoms with E-state index in [1.807, 2.05) is 6.92 Å². The Hall–Kier alpha value is -2.02. The van der Waals surface area contributed by atoms with Crippen LogP contribution in [-0.4, -0.2) is 6.61 Å².